The van der Waals surface area contributed by atoms with Crippen LogP contribution in [0.3, 0.4) is 0 Å². The first-order valence-corrected chi connectivity index (χ1v) is 17.1. The van der Waals surface area contributed by atoms with E-state index in [4.69, 9.17) is 23.2 Å². The van der Waals surface area contributed by atoms with Gasteiger partial charge < -0.3 is 4.57 Å². The zero-order chi connectivity index (χ0) is 31.4. The molecule has 0 amide bonds. The van der Waals surface area contributed by atoms with E-state index in [-0.39, 0.29) is 0 Å². The van der Waals surface area contributed by atoms with Crippen LogP contribution in [0.5, 0.6) is 0 Å². The molecule has 4 heteroatoms. The fourth-order valence-electron chi connectivity index (χ4n) is 7.77. The Morgan fingerprint density at radius 2 is 1.46 bits per heavy atom. The van der Waals surface area contributed by atoms with Gasteiger partial charge in [-0.3, -0.25) is 0 Å². The smallest absolute Gasteiger partial charge is 0.214 e. The summed E-state index contributed by atoms with van der Waals surface area (Å²) >= 11 is 13.3. The van der Waals surface area contributed by atoms with Crippen molar-refractivity contribution in [2.75, 3.05) is 6.54 Å². The highest BCUT2D eigenvalue weighted by molar-refractivity contribution is 6.38. The summed E-state index contributed by atoms with van der Waals surface area (Å²) < 4.78 is 4.84. The van der Waals surface area contributed by atoms with Gasteiger partial charge in [-0.05, 0) is 85.7 Å². The third kappa shape index (κ3) is 4.58. The van der Waals surface area contributed by atoms with Crippen molar-refractivity contribution in [2.45, 2.75) is 39.7 Å². The number of hydrogen-bond acceptors (Lipinski definition) is 0. The molecule has 0 saturated carbocycles. The molecule has 0 fully saturated rings. The molecule has 1 aliphatic heterocycles. The van der Waals surface area contributed by atoms with Crippen LogP contribution in [0.2, 0.25) is 10.0 Å². The van der Waals surface area contributed by atoms with E-state index in [9.17, 15) is 0 Å². The SMILES string of the molecule is CCn1/c(=C/C=C2\CCCC(/C=C/C3=[N+](CC)c4ccc(Cl)c5cccc3c45)=C2c2ccccc2)c2cccc3c(Cl)ccc1c32. The molecule has 2 nitrogen and oxygen atoms in total. The molecule has 1 aromatic heterocycles. The van der Waals surface area contributed by atoms with Crippen LogP contribution in [0.25, 0.3) is 44.1 Å². The Morgan fingerprint density at radius 1 is 0.717 bits per heavy atom. The van der Waals surface area contributed by atoms with Crippen LogP contribution in [0.15, 0.2) is 120 Å². The zero-order valence-corrected chi connectivity index (χ0v) is 27.7. The van der Waals surface area contributed by atoms with Gasteiger partial charge in [0.05, 0.1) is 10.9 Å². The largest absolute Gasteiger partial charge is 0.341 e. The van der Waals surface area contributed by atoms with Crippen molar-refractivity contribution < 1.29 is 4.58 Å². The molecule has 0 unspecified atom stereocenters. The van der Waals surface area contributed by atoms with Gasteiger partial charge in [-0.15, -0.1) is 0 Å². The van der Waals surface area contributed by atoms with Gasteiger partial charge in [0.1, 0.15) is 6.54 Å². The molecule has 2 heterocycles. The van der Waals surface area contributed by atoms with Crippen LogP contribution in [0.4, 0.5) is 5.69 Å². The average Bonchev–Trinajstić information content (AvgIpc) is 3.58. The van der Waals surface area contributed by atoms with Crippen molar-refractivity contribution in [3.05, 3.63) is 147 Å². The maximum Gasteiger partial charge on any atom is 0.214 e. The van der Waals surface area contributed by atoms with Crippen molar-refractivity contribution in [3.8, 4) is 0 Å². The van der Waals surface area contributed by atoms with E-state index in [2.05, 4.69) is 126 Å². The Bertz CT molecular complexity index is 2370. The normalized spacial score (nSPS) is 16.5. The van der Waals surface area contributed by atoms with Gasteiger partial charge in [0.15, 0.2) is 0 Å². The van der Waals surface area contributed by atoms with Crippen LogP contribution < -0.4 is 5.35 Å². The third-order valence-electron chi connectivity index (χ3n) is 9.76. The van der Waals surface area contributed by atoms with Gasteiger partial charge in [0.25, 0.3) is 0 Å². The van der Waals surface area contributed by atoms with Crippen molar-refractivity contribution in [2.24, 2.45) is 0 Å². The Hall–Kier alpha value is -4.37. The van der Waals surface area contributed by atoms with E-state index < -0.39 is 0 Å². The number of benzene rings is 5. The summed E-state index contributed by atoms with van der Waals surface area (Å²) in [6, 6.07) is 32.3. The summed E-state index contributed by atoms with van der Waals surface area (Å²) in [5, 5.41) is 8.83. The lowest BCUT2D eigenvalue weighted by molar-refractivity contribution is -0.430. The number of hydrogen-bond donors (Lipinski definition) is 0. The Labute approximate surface area is 279 Å². The summed E-state index contributed by atoms with van der Waals surface area (Å²) in [5.41, 5.74) is 10.3. The predicted octanol–water partition coefficient (Wildman–Crippen LogP) is 11.1. The molecule has 2 aliphatic rings. The van der Waals surface area contributed by atoms with Crippen LogP contribution in [0.1, 0.15) is 44.2 Å². The summed E-state index contributed by atoms with van der Waals surface area (Å²) in [5.74, 6) is 0. The zero-order valence-electron chi connectivity index (χ0n) is 26.2. The van der Waals surface area contributed by atoms with E-state index in [1.54, 1.807) is 0 Å². The van der Waals surface area contributed by atoms with Crippen LogP contribution in [-0.2, 0) is 6.54 Å². The molecule has 0 N–H and O–H groups in total. The van der Waals surface area contributed by atoms with Gasteiger partial charge in [-0.25, -0.2) is 0 Å². The van der Waals surface area contributed by atoms with Crippen LogP contribution in [-0.4, -0.2) is 21.4 Å². The molecule has 5 aromatic carbocycles. The molecule has 0 saturated heterocycles. The molecule has 0 radical (unpaired) electrons. The molecule has 0 atom stereocenters. The summed E-state index contributed by atoms with van der Waals surface area (Å²) in [7, 11) is 0. The van der Waals surface area contributed by atoms with Gasteiger partial charge in [0, 0.05) is 61.1 Å². The first kappa shape index (κ1) is 29.1. The fraction of sp³-hybridized carbons (Fsp3) is 0.167. The molecule has 0 spiro atoms. The lowest BCUT2D eigenvalue weighted by Crippen LogP contribution is -2.15. The Balaban J connectivity index is 1.30. The highest BCUT2D eigenvalue weighted by Crippen LogP contribution is 2.41. The number of nitrogens with zero attached hydrogens (tertiary/aromatic N) is 2. The van der Waals surface area contributed by atoms with Crippen LogP contribution >= 0.6 is 23.2 Å². The molecule has 1 aliphatic carbocycles. The van der Waals surface area contributed by atoms with Crippen LogP contribution in [0, 0.1) is 0 Å². The topological polar surface area (TPSA) is 7.94 Å². The number of halogens is 2. The molecular weight excluding hydrogens is 603 g/mol. The summed E-state index contributed by atoms with van der Waals surface area (Å²) in [6.07, 6.45) is 12.6. The minimum Gasteiger partial charge on any atom is -0.341 e. The van der Waals surface area contributed by atoms with Crippen molar-refractivity contribution >= 4 is 78.7 Å². The number of rotatable bonds is 6. The maximum absolute atomic E-state index is 6.65. The van der Waals surface area contributed by atoms with Crippen molar-refractivity contribution in [1.82, 2.24) is 4.57 Å². The number of allylic oxidation sites excluding steroid dienone is 6. The number of aromatic nitrogens is 1. The Kier molecular flexibility index (Phi) is 7.44. The van der Waals surface area contributed by atoms with E-state index in [1.165, 1.54) is 66.3 Å². The fourth-order valence-corrected chi connectivity index (χ4v) is 8.21. The minimum atomic E-state index is 0.804. The summed E-state index contributed by atoms with van der Waals surface area (Å²) in [4.78, 5) is 0. The molecule has 46 heavy (non-hydrogen) atoms. The highest BCUT2D eigenvalue weighted by Gasteiger charge is 2.30. The quantitative estimate of drug-likeness (QED) is 0.160. The highest BCUT2D eigenvalue weighted by atomic mass is 35.5. The minimum absolute atomic E-state index is 0.804. The second-order valence-electron chi connectivity index (χ2n) is 12.2. The van der Waals surface area contributed by atoms with E-state index in [1.807, 2.05) is 12.1 Å². The predicted molar refractivity (Wildman–Crippen MR) is 198 cm³/mol. The summed E-state index contributed by atoms with van der Waals surface area (Å²) in [6.45, 7) is 6.23. The van der Waals surface area contributed by atoms with E-state index >= 15 is 0 Å². The van der Waals surface area contributed by atoms with E-state index in [0.717, 1.165) is 53.2 Å². The van der Waals surface area contributed by atoms with Gasteiger partial charge in [0.2, 0.25) is 11.4 Å². The maximum atomic E-state index is 6.65. The second kappa shape index (κ2) is 11.8. The number of aryl methyl sites for hydroxylation is 1. The molecular formula is C42H35Cl2N2+. The second-order valence-corrected chi connectivity index (χ2v) is 13.0. The monoisotopic (exact) mass is 637 g/mol. The first-order valence-electron chi connectivity index (χ1n) is 16.3. The first-order chi connectivity index (χ1) is 22.6. The van der Waals surface area contributed by atoms with Crippen molar-refractivity contribution in [1.29, 1.82) is 0 Å². The van der Waals surface area contributed by atoms with Gasteiger partial charge in [-0.2, -0.15) is 4.58 Å². The third-order valence-corrected chi connectivity index (χ3v) is 10.4. The molecule has 6 aromatic rings. The Morgan fingerprint density at radius 3 is 2.24 bits per heavy atom. The molecule has 226 valence electrons. The van der Waals surface area contributed by atoms with E-state index in [0.29, 0.717) is 0 Å². The average molecular weight is 639 g/mol. The lowest BCUT2D eigenvalue weighted by atomic mass is 9.82. The van der Waals surface area contributed by atoms with Gasteiger partial charge >= 0.3 is 0 Å². The molecule has 0 bridgehead atoms. The van der Waals surface area contributed by atoms with Gasteiger partial charge in [-0.1, -0.05) is 96.0 Å². The standard InChI is InChI=1S/C42H35Cl2N2/c1-3-45-36(32-17-9-15-30-34(43)21-25-38(45)41(30)32)23-19-28-13-8-14-29(40(28)27-11-6-5-7-12-27)20-24-37-33-18-10-16-31-35(44)22-26-39(42(31)33)46(37)4-2/h5-7,9-12,15-26H,3-4,8,13-14H2,1-2H3/q+1. The lowest BCUT2D eigenvalue weighted by Gasteiger charge is -2.22. The molecule has 8 rings (SSSR count). The van der Waals surface area contributed by atoms with Crippen molar-refractivity contribution in [3.63, 3.8) is 0 Å².